The van der Waals surface area contributed by atoms with Gasteiger partial charge in [0.1, 0.15) is 5.82 Å². The number of carbonyl (C=O) groups excluding carboxylic acids is 1. The van der Waals surface area contributed by atoms with Crippen LogP contribution in [0.25, 0.3) is 0 Å². The van der Waals surface area contributed by atoms with Crippen LogP contribution in [0.3, 0.4) is 0 Å². The molecular formula is C16H19ClN4O. The monoisotopic (exact) mass is 318 g/mol. The number of benzene rings is 1. The van der Waals surface area contributed by atoms with E-state index in [9.17, 15) is 4.79 Å². The maximum atomic E-state index is 11.9. The molecule has 0 fully saturated rings. The number of urea groups is 1. The molecule has 0 saturated heterocycles. The average Bonchev–Trinajstić information content (AvgIpc) is 2.50. The summed E-state index contributed by atoms with van der Waals surface area (Å²) in [7, 11) is 3.94. The number of nitrogens with zero attached hydrogens (tertiary/aromatic N) is 2. The van der Waals surface area contributed by atoms with Gasteiger partial charge in [0.05, 0.1) is 6.04 Å². The Bertz CT molecular complexity index is 601. The molecule has 6 heteroatoms. The van der Waals surface area contributed by atoms with Gasteiger partial charge in [-0.15, -0.1) is 0 Å². The van der Waals surface area contributed by atoms with Crippen molar-refractivity contribution in [3.05, 3.63) is 59.2 Å². The number of likely N-dealkylation sites (N-methyl/N-ethyl adjacent to an activating group) is 1. The van der Waals surface area contributed by atoms with E-state index < -0.39 is 0 Å². The maximum Gasteiger partial charge on any atom is 0.320 e. The highest BCUT2D eigenvalue weighted by atomic mass is 35.5. The van der Waals surface area contributed by atoms with Gasteiger partial charge in [0.2, 0.25) is 0 Å². The Labute approximate surface area is 135 Å². The summed E-state index contributed by atoms with van der Waals surface area (Å²) in [6, 6.07) is 12.8. The summed E-state index contributed by atoms with van der Waals surface area (Å²) in [6.07, 6.45) is 1.63. The van der Waals surface area contributed by atoms with Gasteiger partial charge in [-0.2, -0.15) is 0 Å². The van der Waals surface area contributed by atoms with Crippen LogP contribution in [-0.2, 0) is 0 Å². The molecule has 5 nitrogen and oxygen atoms in total. The minimum atomic E-state index is -0.278. The van der Waals surface area contributed by atoms with Gasteiger partial charge in [-0.05, 0) is 43.9 Å². The van der Waals surface area contributed by atoms with E-state index in [-0.39, 0.29) is 12.1 Å². The fraction of sp³-hybridized carbons (Fsp3) is 0.250. The zero-order chi connectivity index (χ0) is 15.9. The number of nitrogens with one attached hydrogen (secondary N) is 2. The highest BCUT2D eigenvalue weighted by Crippen LogP contribution is 2.19. The van der Waals surface area contributed by atoms with Gasteiger partial charge < -0.3 is 10.2 Å². The second-order valence-corrected chi connectivity index (χ2v) is 5.52. The molecule has 1 aromatic carbocycles. The molecule has 1 atom stereocenters. The van der Waals surface area contributed by atoms with Crippen molar-refractivity contribution < 1.29 is 4.79 Å². The number of carbonyl (C=O) groups is 1. The zero-order valence-corrected chi connectivity index (χ0v) is 13.3. The molecule has 0 saturated carbocycles. The Morgan fingerprint density at radius 3 is 2.55 bits per heavy atom. The first-order chi connectivity index (χ1) is 10.6. The van der Waals surface area contributed by atoms with Crippen LogP contribution < -0.4 is 10.6 Å². The normalized spacial score (nSPS) is 12.0. The summed E-state index contributed by atoms with van der Waals surface area (Å²) in [5, 5.41) is 6.25. The molecule has 0 aliphatic heterocycles. The Morgan fingerprint density at radius 2 is 1.95 bits per heavy atom. The Morgan fingerprint density at radius 1 is 1.23 bits per heavy atom. The molecule has 0 radical (unpaired) electrons. The van der Waals surface area contributed by atoms with Crippen molar-refractivity contribution in [3.63, 3.8) is 0 Å². The van der Waals surface area contributed by atoms with Crippen molar-refractivity contribution >= 4 is 23.4 Å². The molecule has 0 aliphatic carbocycles. The molecule has 1 aromatic heterocycles. The average molecular weight is 319 g/mol. The number of rotatable bonds is 5. The van der Waals surface area contributed by atoms with Gasteiger partial charge in [0, 0.05) is 17.8 Å². The van der Waals surface area contributed by atoms with E-state index in [0.29, 0.717) is 17.4 Å². The fourth-order valence-electron chi connectivity index (χ4n) is 2.07. The number of anilines is 1. The number of aromatic nitrogens is 1. The summed E-state index contributed by atoms with van der Waals surface area (Å²) in [6.45, 7) is 0.479. The minimum absolute atomic E-state index is 0.0618. The van der Waals surface area contributed by atoms with Crippen LogP contribution in [0.5, 0.6) is 0 Å². The van der Waals surface area contributed by atoms with Gasteiger partial charge in [-0.3, -0.25) is 5.32 Å². The Kier molecular flexibility index (Phi) is 5.75. The summed E-state index contributed by atoms with van der Waals surface area (Å²) in [5.41, 5.74) is 1.09. The Hall–Kier alpha value is -2.11. The number of amides is 2. The fourth-order valence-corrected chi connectivity index (χ4v) is 2.20. The lowest BCUT2D eigenvalue weighted by molar-refractivity contribution is 0.243. The van der Waals surface area contributed by atoms with Gasteiger partial charge in [-0.25, -0.2) is 9.78 Å². The van der Waals surface area contributed by atoms with Crippen LogP contribution in [0.15, 0.2) is 48.7 Å². The first kappa shape index (κ1) is 16.3. The number of halogens is 1. The third-order valence-corrected chi connectivity index (χ3v) is 3.49. The molecule has 0 spiro atoms. The molecule has 2 rings (SSSR count). The quantitative estimate of drug-likeness (QED) is 0.890. The summed E-state index contributed by atoms with van der Waals surface area (Å²) >= 11 is 5.91. The number of pyridine rings is 1. The van der Waals surface area contributed by atoms with Gasteiger partial charge >= 0.3 is 6.03 Å². The molecule has 1 unspecified atom stereocenters. The van der Waals surface area contributed by atoms with Gasteiger partial charge in [0.15, 0.2) is 0 Å². The van der Waals surface area contributed by atoms with Crippen molar-refractivity contribution in [2.24, 2.45) is 0 Å². The lowest BCUT2D eigenvalue weighted by Gasteiger charge is -2.25. The standard InChI is InChI=1S/C16H19ClN4O/c1-21(2)14(12-6-8-13(17)9-7-12)11-19-16(22)20-15-5-3-4-10-18-15/h3-10,14H,11H2,1-2H3,(H2,18,19,20,22). The third kappa shape index (κ3) is 4.72. The van der Waals surface area contributed by atoms with E-state index in [1.165, 1.54) is 0 Å². The summed E-state index contributed by atoms with van der Waals surface area (Å²) < 4.78 is 0. The zero-order valence-electron chi connectivity index (χ0n) is 12.6. The van der Waals surface area contributed by atoms with Crippen molar-refractivity contribution in [1.29, 1.82) is 0 Å². The van der Waals surface area contributed by atoms with E-state index in [4.69, 9.17) is 11.6 Å². The molecule has 2 amide bonds. The van der Waals surface area contributed by atoms with Gasteiger partial charge in [-0.1, -0.05) is 29.8 Å². The second-order valence-electron chi connectivity index (χ2n) is 5.08. The lowest BCUT2D eigenvalue weighted by atomic mass is 10.1. The number of hydrogen-bond donors (Lipinski definition) is 2. The number of hydrogen-bond acceptors (Lipinski definition) is 3. The molecule has 1 heterocycles. The predicted octanol–water partition coefficient (Wildman–Crippen LogP) is 3.16. The van der Waals surface area contributed by atoms with E-state index in [2.05, 4.69) is 15.6 Å². The largest absolute Gasteiger partial charge is 0.336 e. The molecule has 0 bridgehead atoms. The van der Waals surface area contributed by atoms with Crippen LogP contribution in [0, 0.1) is 0 Å². The lowest BCUT2D eigenvalue weighted by Crippen LogP contribution is -2.37. The topological polar surface area (TPSA) is 57.3 Å². The SMILES string of the molecule is CN(C)C(CNC(=O)Nc1ccccn1)c1ccc(Cl)cc1. The van der Waals surface area contributed by atoms with Crippen LogP contribution in [0.4, 0.5) is 10.6 Å². The minimum Gasteiger partial charge on any atom is -0.336 e. The molecule has 2 N–H and O–H groups in total. The molecule has 22 heavy (non-hydrogen) atoms. The van der Waals surface area contributed by atoms with E-state index in [1.807, 2.05) is 49.3 Å². The first-order valence-electron chi connectivity index (χ1n) is 6.94. The highest BCUT2D eigenvalue weighted by Gasteiger charge is 2.15. The van der Waals surface area contributed by atoms with Crippen LogP contribution >= 0.6 is 11.6 Å². The molecule has 116 valence electrons. The maximum absolute atomic E-state index is 11.9. The van der Waals surface area contributed by atoms with Crippen molar-refractivity contribution in [2.75, 3.05) is 26.0 Å². The second kappa shape index (κ2) is 7.77. The Balaban J connectivity index is 1.94. The van der Waals surface area contributed by atoms with Crippen molar-refractivity contribution in [1.82, 2.24) is 15.2 Å². The molecule has 2 aromatic rings. The summed E-state index contributed by atoms with van der Waals surface area (Å²) in [4.78, 5) is 18.0. The van der Waals surface area contributed by atoms with Crippen LogP contribution in [-0.4, -0.2) is 36.6 Å². The molecular weight excluding hydrogens is 300 g/mol. The van der Waals surface area contributed by atoms with E-state index in [1.54, 1.807) is 18.3 Å². The van der Waals surface area contributed by atoms with E-state index >= 15 is 0 Å². The van der Waals surface area contributed by atoms with E-state index in [0.717, 1.165) is 5.56 Å². The smallest absolute Gasteiger partial charge is 0.320 e. The van der Waals surface area contributed by atoms with Crippen LogP contribution in [0.1, 0.15) is 11.6 Å². The highest BCUT2D eigenvalue weighted by molar-refractivity contribution is 6.30. The van der Waals surface area contributed by atoms with Crippen molar-refractivity contribution in [3.8, 4) is 0 Å². The molecule has 0 aliphatic rings. The van der Waals surface area contributed by atoms with Crippen molar-refractivity contribution in [2.45, 2.75) is 6.04 Å². The predicted molar refractivity (Wildman–Crippen MR) is 89.1 cm³/mol. The van der Waals surface area contributed by atoms with Gasteiger partial charge in [0.25, 0.3) is 0 Å². The first-order valence-corrected chi connectivity index (χ1v) is 7.32. The third-order valence-electron chi connectivity index (χ3n) is 3.24. The summed E-state index contributed by atoms with van der Waals surface area (Å²) in [5.74, 6) is 0.521. The van der Waals surface area contributed by atoms with Crippen LogP contribution in [0.2, 0.25) is 5.02 Å².